The van der Waals surface area contributed by atoms with Gasteiger partial charge in [0, 0.05) is 23.9 Å². The van der Waals surface area contributed by atoms with Crippen LogP contribution in [0.15, 0.2) is 0 Å². The number of hydrogen-bond acceptors (Lipinski definition) is 4. The second kappa shape index (κ2) is 6.81. The fraction of sp³-hybridized carbons (Fsp3) is 0.750. The van der Waals surface area contributed by atoms with Gasteiger partial charge in [0.25, 0.3) is 0 Å². The van der Waals surface area contributed by atoms with E-state index >= 15 is 0 Å². The van der Waals surface area contributed by atoms with Crippen molar-refractivity contribution >= 4 is 17.1 Å². The number of piperidine rings is 1. The summed E-state index contributed by atoms with van der Waals surface area (Å²) in [5.74, 6) is 0.898. The highest BCUT2D eigenvalue weighted by Crippen LogP contribution is 2.23. The summed E-state index contributed by atoms with van der Waals surface area (Å²) in [6.07, 6.45) is 3.68. The summed E-state index contributed by atoms with van der Waals surface area (Å²) in [5, 5.41) is 0.988. The highest BCUT2D eigenvalue weighted by molar-refractivity contribution is 7.11. The molecule has 0 aromatic carbocycles. The van der Waals surface area contributed by atoms with E-state index in [2.05, 4.69) is 30.7 Å². The Morgan fingerprint density at radius 3 is 2.80 bits per heavy atom. The number of nitrogens with zero attached hydrogens (tertiary/aromatic N) is 2. The Morgan fingerprint density at radius 1 is 1.45 bits per heavy atom. The third kappa shape index (κ3) is 4.13. The number of carbonyl (C=O) groups is 1. The van der Waals surface area contributed by atoms with Crippen molar-refractivity contribution in [2.75, 3.05) is 13.1 Å². The number of likely N-dealkylation sites (tertiary alicyclic amines) is 1. The summed E-state index contributed by atoms with van der Waals surface area (Å²) in [6, 6.07) is 0.595. The molecule has 0 unspecified atom stereocenters. The standard InChI is InChI=1S/C16H26N2OS/c1-11(2)18-7-5-6-14(10-18)8-15(19)9-16-17-12(3)13(4)20-16/h11,14H,5-10H2,1-4H3/t14-/m1/s1. The quantitative estimate of drug-likeness (QED) is 0.834. The van der Waals surface area contributed by atoms with Crippen molar-refractivity contribution in [1.82, 2.24) is 9.88 Å². The first-order valence-electron chi connectivity index (χ1n) is 7.64. The molecule has 0 saturated carbocycles. The van der Waals surface area contributed by atoms with Gasteiger partial charge in [-0.05, 0) is 53.0 Å². The van der Waals surface area contributed by atoms with Crippen molar-refractivity contribution in [3.63, 3.8) is 0 Å². The van der Waals surface area contributed by atoms with Gasteiger partial charge in [0.2, 0.25) is 0 Å². The van der Waals surface area contributed by atoms with Crippen LogP contribution in [0.1, 0.15) is 48.7 Å². The predicted molar refractivity (Wildman–Crippen MR) is 84.3 cm³/mol. The number of aryl methyl sites for hydroxylation is 2. The van der Waals surface area contributed by atoms with Gasteiger partial charge < -0.3 is 4.90 Å². The second-order valence-corrected chi connectivity index (χ2v) is 7.55. The molecule has 1 fully saturated rings. The number of aromatic nitrogens is 1. The van der Waals surface area contributed by atoms with E-state index in [0.717, 1.165) is 23.7 Å². The van der Waals surface area contributed by atoms with Crippen molar-refractivity contribution in [2.24, 2.45) is 5.92 Å². The Morgan fingerprint density at radius 2 is 2.20 bits per heavy atom. The van der Waals surface area contributed by atoms with E-state index in [-0.39, 0.29) is 0 Å². The Bertz CT molecular complexity index is 448. The summed E-state index contributed by atoms with van der Waals surface area (Å²) in [6.45, 7) is 10.8. The number of thiazole rings is 1. The Kier molecular flexibility index (Phi) is 5.33. The second-order valence-electron chi connectivity index (χ2n) is 6.27. The van der Waals surface area contributed by atoms with Crippen molar-refractivity contribution in [2.45, 2.75) is 59.4 Å². The van der Waals surface area contributed by atoms with Gasteiger partial charge in [-0.25, -0.2) is 4.98 Å². The summed E-state index contributed by atoms with van der Waals surface area (Å²) in [5.41, 5.74) is 1.07. The third-order valence-electron chi connectivity index (χ3n) is 4.22. The molecule has 0 bridgehead atoms. The number of rotatable bonds is 5. The lowest BCUT2D eigenvalue weighted by atomic mass is 9.91. The Labute approximate surface area is 126 Å². The molecule has 1 aliphatic rings. The van der Waals surface area contributed by atoms with E-state index in [4.69, 9.17) is 0 Å². The van der Waals surface area contributed by atoms with Crippen molar-refractivity contribution < 1.29 is 4.79 Å². The highest BCUT2D eigenvalue weighted by Gasteiger charge is 2.23. The maximum absolute atomic E-state index is 12.2. The molecule has 1 aromatic rings. The van der Waals surface area contributed by atoms with Crippen molar-refractivity contribution in [3.05, 3.63) is 15.6 Å². The van der Waals surface area contributed by atoms with Crippen LogP contribution in [0.25, 0.3) is 0 Å². The van der Waals surface area contributed by atoms with Crippen LogP contribution in [0.2, 0.25) is 0 Å². The third-order valence-corrected chi connectivity index (χ3v) is 5.29. The van der Waals surface area contributed by atoms with Gasteiger partial charge in [0.05, 0.1) is 12.1 Å². The molecule has 0 N–H and O–H groups in total. The number of Topliss-reactive ketones (excluding diaryl/α,β-unsaturated/α-hetero) is 1. The fourth-order valence-electron chi connectivity index (χ4n) is 2.91. The molecule has 2 rings (SSSR count). The maximum Gasteiger partial charge on any atom is 0.140 e. The summed E-state index contributed by atoms with van der Waals surface area (Å²) in [4.78, 5) is 20.4. The summed E-state index contributed by atoms with van der Waals surface area (Å²) in [7, 11) is 0. The molecule has 112 valence electrons. The van der Waals surface area contributed by atoms with Crippen LogP contribution in [0.3, 0.4) is 0 Å². The minimum Gasteiger partial charge on any atom is -0.301 e. The normalized spacial score (nSPS) is 20.6. The minimum absolute atomic E-state index is 0.356. The van der Waals surface area contributed by atoms with E-state index in [1.165, 1.54) is 24.3 Å². The summed E-state index contributed by atoms with van der Waals surface area (Å²) >= 11 is 1.67. The zero-order valence-electron chi connectivity index (χ0n) is 13.1. The minimum atomic E-state index is 0.356. The Hall–Kier alpha value is -0.740. The molecule has 0 aliphatic carbocycles. The number of hydrogen-bond donors (Lipinski definition) is 0. The molecule has 1 saturated heterocycles. The molecule has 4 heteroatoms. The van der Waals surface area contributed by atoms with Crippen LogP contribution in [0, 0.1) is 19.8 Å². The first-order valence-corrected chi connectivity index (χ1v) is 8.46. The van der Waals surface area contributed by atoms with Crippen LogP contribution in [0.4, 0.5) is 0 Å². The smallest absolute Gasteiger partial charge is 0.140 e. The molecule has 3 nitrogen and oxygen atoms in total. The lowest BCUT2D eigenvalue weighted by Gasteiger charge is -2.35. The molecule has 1 atom stereocenters. The maximum atomic E-state index is 12.2. The predicted octanol–water partition coefficient (Wildman–Crippen LogP) is 3.38. The first kappa shape index (κ1) is 15.6. The van der Waals surface area contributed by atoms with Gasteiger partial charge >= 0.3 is 0 Å². The molecular formula is C16H26N2OS. The average Bonchev–Trinajstić information content (AvgIpc) is 2.68. The van der Waals surface area contributed by atoms with Crippen LogP contribution < -0.4 is 0 Å². The molecule has 0 spiro atoms. The zero-order chi connectivity index (χ0) is 14.7. The fourth-order valence-corrected chi connectivity index (χ4v) is 3.87. The first-order chi connectivity index (χ1) is 9.45. The topological polar surface area (TPSA) is 33.2 Å². The van der Waals surface area contributed by atoms with Crippen LogP contribution in [0.5, 0.6) is 0 Å². The van der Waals surface area contributed by atoms with Crippen LogP contribution in [-0.4, -0.2) is 34.8 Å². The van der Waals surface area contributed by atoms with E-state index in [1.807, 2.05) is 6.92 Å². The van der Waals surface area contributed by atoms with E-state index < -0.39 is 0 Å². The van der Waals surface area contributed by atoms with Crippen LogP contribution >= 0.6 is 11.3 Å². The number of carbonyl (C=O) groups excluding carboxylic acids is 1. The Balaban J connectivity index is 1.85. The molecule has 2 heterocycles. The number of ketones is 1. The van der Waals surface area contributed by atoms with E-state index in [9.17, 15) is 4.79 Å². The average molecular weight is 294 g/mol. The van der Waals surface area contributed by atoms with Gasteiger partial charge in [-0.2, -0.15) is 0 Å². The van der Waals surface area contributed by atoms with Gasteiger partial charge in [-0.1, -0.05) is 0 Å². The molecular weight excluding hydrogens is 268 g/mol. The summed E-state index contributed by atoms with van der Waals surface area (Å²) < 4.78 is 0. The van der Waals surface area contributed by atoms with E-state index in [1.54, 1.807) is 11.3 Å². The highest BCUT2D eigenvalue weighted by atomic mass is 32.1. The van der Waals surface area contributed by atoms with Crippen LogP contribution in [-0.2, 0) is 11.2 Å². The van der Waals surface area contributed by atoms with Crippen molar-refractivity contribution in [1.29, 1.82) is 0 Å². The lowest BCUT2D eigenvalue weighted by molar-refractivity contribution is -0.119. The van der Waals surface area contributed by atoms with E-state index in [0.29, 0.717) is 24.2 Å². The van der Waals surface area contributed by atoms with Gasteiger partial charge in [0.1, 0.15) is 10.8 Å². The molecule has 0 radical (unpaired) electrons. The van der Waals surface area contributed by atoms with Gasteiger partial charge in [-0.3, -0.25) is 4.79 Å². The van der Waals surface area contributed by atoms with Gasteiger partial charge in [0.15, 0.2) is 0 Å². The largest absolute Gasteiger partial charge is 0.301 e. The lowest BCUT2D eigenvalue weighted by Crippen LogP contribution is -2.40. The molecule has 1 aliphatic heterocycles. The molecule has 0 amide bonds. The molecule has 20 heavy (non-hydrogen) atoms. The zero-order valence-corrected chi connectivity index (χ0v) is 13.9. The molecule has 1 aromatic heterocycles. The van der Waals surface area contributed by atoms with Gasteiger partial charge in [-0.15, -0.1) is 11.3 Å². The SMILES string of the molecule is Cc1nc(CC(=O)C[C@H]2CCCN(C(C)C)C2)sc1C. The van der Waals surface area contributed by atoms with Crippen molar-refractivity contribution in [3.8, 4) is 0 Å². The monoisotopic (exact) mass is 294 g/mol.